The number of nitrogens with zero attached hydrogens (tertiary/aromatic N) is 2. The number of carboxylic acid groups (broad SMARTS) is 1. The summed E-state index contributed by atoms with van der Waals surface area (Å²) < 4.78 is 38.0. The first-order valence-corrected chi connectivity index (χ1v) is 5.91. The van der Waals surface area contributed by atoms with Crippen LogP contribution < -0.4 is 5.32 Å². The Kier molecular flexibility index (Phi) is 5.34. The Morgan fingerprint density at radius 3 is 2.74 bits per heavy atom. The Morgan fingerprint density at radius 2 is 2.26 bits per heavy atom. The average Bonchev–Trinajstić information content (AvgIpc) is 2.77. The molecule has 1 heterocycles. The molecule has 2 N–H and O–H groups in total. The number of aromatic nitrogens is 2. The molecule has 5 nitrogen and oxygen atoms in total. The molecule has 8 heteroatoms. The summed E-state index contributed by atoms with van der Waals surface area (Å²) in [5.41, 5.74) is -0.971. The number of hydrogen-bond donors (Lipinski definition) is 2. The van der Waals surface area contributed by atoms with Crippen molar-refractivity contribution in [2.45, 2.75) is 38.5 Å². The number of carboxylic acids is 1. The van der Waals surface area contributed by atoms with Gasteiger partial charge in [0, 0.05) is 12.7 Å². The fraction of sp³-hybridized carbons (Fsp3) is 0.636. The van der Waals surface area contributed by atoms with Gasteiger partial charge in [-0.05, 0) is 25.5 Å². The smallest absolute Gasteiger partial charge is 0.435 e. The lowest BCUT2D eigenvalue weighted by atomic mass is 10.2. The van der Waals surface area contributed by atoms with Crippen molar-refractivity contribution in [1.82, 2.24) is 15.1 Å². The molecule has 0 spiro atoms. The summed E-state index contributed by atoms with van der Waals surface area (Å²) in [6.45, 7) is 2.56. The van der Waals surface area contributed by atoms with Gasteiger partial charge in [-0.15, -0.1) is 0 Å². The quantitative estimate of drug-likeness (QED) is 0.798. The molecule has 0 amide bonds. The second-order valence-electron chi connectivity index (χ2n) is 4.10. The van der Waals surface area contributed by atoms with Crippen molar-refractivity contribution in [3.63, 3.8) is 0 Å². The fourth-order valence-electron chi connectivity index (χ4n) is 1.53. The van der Waals surface area contributed by atoms with E-state index in [9.17, 15) is 18.0 Å². The highest BCUT2D eigenvalue weighted by Gasteiger charge is 2.33. The normalized spacial score (nSPS) is 13.5. The molecule has 0 radical (unpaired) electrons. The van der Waals surface area contributed by atoms with Gasteiger partial charge < -0.3 is 10.4 Å². The van der Waals surface area contributed by atoms with E-state index in [1.165, 1.54) is 6.20 Å². The predicted octanol–water partition coefficient (Wildman–Crippen LogP) is 1.74. The number of carbonyl (C=O) groups is 1. The van der Waals surface area contributed by atoms with E-state index in [1.807, 2.05) is 6.92 Å². The summed E-state index contributed by atoms with van der Waals surface area (Å²) in [6.07, 6.45) is -2.32. The Labute approximate surface area is 108 Å². The van der Waals surface area contributed by atoms with E-state index in [0.29, 0.717) is 6.54 Å². The summed E-state index contributed by atoms with van der Waals surface area (Å²) in [7, 11) is 0. The van der Waals surface area contributed by atoms with E-state index in [-0.39, 0.29) is 13.0 Å². The Bertz CT molecular complexity index is 418. The second-order valence-corrected chi connectivity index (χ2v) is 4.10. The van der Waals surface area contributed by atoms with Crippen LogP contribution in [0.15, 0.2) is 12.3 Å². The molecule has 0 saturated heterocycles. The minimum absolute atomic E-state index is 0.115. The third-order valence-corrected chi connectivity index (χ3v) is 2.52. The fourth-order valence-corrected chi connectivity index (χ4v) is 1.53. The van der Waals surface area contributed by atoms with Crippen molar-refractivity contribution in [2.75, 3.05) is 6.54 Å². The van der Waals surface area contributed by atoms with Crippen molar-refractivity contribution in [3.05, 3.63) is 18.0 Å². The molecule has 0 saturated carbocycles. The van der Waals surface area contributed by atoms with E-state index < -0.39 is 23.9 Å². The molecule has 1 unspecified atom stereocenters. The molecule has 19 heavy (non-hydrogen) atoms. The molecule has 0 aliphatic rings. The molecular formula is C11H16F3N3O2. The van der Waals surface area contributed by atoms with Crippen LogP contribution in [0.2, 0.25) is 0 Å². The van der Waals surface area contributed by atoms with Gasteiger partial charge in [-0.3, -0.25) is 9.48 Å². The molecule has 0 fully saturated rings. The monoisotopic (exact) mass is 279 g/mol. The zero-order chi connectivity index (χ0) is 14.5. The van der Waals surface area contributed by atoms with Crippen molar-refractivity contribution in [2.24, 2.45) is 0 Å². The molecule has 0 aliphatic heterocycles. The standard InChI is InChI=1S/C11H16F3N3O2/c1-2-5-15-8(10(18)19)3-6-17-7-4-9(16-17)11(12,13)14/h4,7-8,15H,2-3,5-6H2,1H3,(H,18,19). The summed E-state index contributed by atoms with van der Waals surface area (Å²) in [6, 6.07) is 0.0911. The van der Waals surface area contributed by atoms with Gasteiger partial charge in [0.2, 0.25) is 0 Å². The number of aliphatic carboxylic acids is 1. The number of rotatable bonds is 7. The Morgan fingerprint density at radius 1 is 1.58 bits per heavy atom. The minimum Gasteiger partial charge on any atom is -0.480 e. The molecule has 0 aliphatic carbocycles. The van der Waals surface area contributed by atoms with E-state index >= 15 is 0 Å². The van der Waals surface area contributed by atoms with Gasteiger partial charge in [0.1, 0.15) is 6.04 Å². The molecule has 0 bridgehead atoms. The first kappa shape index (κ1) is 15.5. The molecule has 1 atom stereocenters. The van der Waals surface area contributed by atoms with Crippen LogP contribution in [-0.4, -0.2) is 33.4 Å². The van der Waals surface area contributed by atoms with Gasteiger partial charge in [0.05, 0.1) is 0 Å². The molecule has 0 aromatic carbocycles. The first-order valence-electron chi connectivity index (χ1n) is 5.91. The molecule has 1 aromatic heterocycles. The third kappa shape index (κ3) is 4.90. The van der Waals surface area contributed by atoms with Gasteiger partial charge in [-0.2, -0.15) is 18.3 Å². The van der Waals surface area contributed by atoms with Crippen molar-refractivity contribution in [3.8, 4) is 0 Å². The molecule has 1 aromatic rings. The van der Waals surface area contributed by atoms with Crippen LogP contribution in [0.4, 0.5) is 13.2 Å². The maximum atomic E-state index is 12.3. The van der Waals surface area contributed by atoms with E-state index in [2.05, 4.69) is 10.4 Å². The number of hydrogen-bond acceptors (Lipinski definition) is 3. The van der Waals surface area contributed by atoms with Crippen LogP contribution in [0, 0.1) is 0 Å². The van der Waals surface area contributed by atoms with Gasteiger partial charge >= 0.3 is 12.1 Å². The summed E-state index contributed by atoms with van der Waals surface area (Å²) >= 11 is 0. The first-order chi connectivity index (χ1) is 8.84. The highest BCUT2D eigenvalue weighted by atomic mass is 19.4. The number of aryl methyl sites for hydroxylation is 1. The summed E-state index contributed by atoms with van der Waals surface area (Å²) in [5.74, 6) is -1.02. The summed E-state index contributed by atoms with van der Waals surface area (Å²) in [4.78, 5) is 10.9. The van der Waals surface area contributed by atoms with E-state index in [4.69, 9.17) is 5.11 Å². The maximum Gasteiger partial charge on any atom is 0.435 e. The maximum absolute atomic E-state index is 12.3. The van der Waals surface area contributed by atoms with Crippen LogP contribution >= 0.6 is 0 Å². The number of nitrogens with one attached hydrogen (secondary N) is 1. The van der Waals surface area contributed by atoms with Crippen LogP contribution in [0.3, 0.4) is 0 Å². The predicted molar refractivity (Wildman–Crippen MR) is 61.6 cm³/mol. The SMILES string of the molecule is CCCNC(CCn1ccc(C(F)(F)F)n1)C(=O)O. The van der Waals surface area contributed by atoms with Crippen LogP contribution in [0.5, 0.6) is 0 Å². The van der Waals surface area contributed by atoms with Crippen LogP contribution in [0.25, 0.3) is 0 Å². The van der Waals surface area contributed by atoms with Crippen molar-refractivity contribution < 1.29 is 23.1 Å². The highest BCUT2D eigenvalue weighted by Crippen LogP contribution is 2.27. The van der Waals surface area contributed by atoms with Gasteiger partial charge in [0.15, 0.2) is 5.69 Å². The van der Waals surface area contributed by atoms with E-state index in [1.54, 1.807) is 0 Å². The lowest BCUT2D eigenvalue weighted by molar-refractivity contribution is -0.142. The Balaban J connectivity index is 2.54. The highest BCUT2D eigenvalue weighted by molar-refractivity contribution is 5.73. The molecule has 1 rings (SSSR count). The zero-order valence-corrected chi connectivity index (χ0v) is 10.4. The number of alkyl halides is 3. The van der Waals surface area contributed by atoms with Gasteiger partial charge in [0.25, 0.3) is 0 Å². The topological polar surface area (TPSA) is 67.2 Å². The zero-order valence-electron chi connectivity index (χ0n) is 10.4. The summed E-state index contributed by atoms with van der Waals surface area (Å²) in [5, 5.41) is 15.1. The van der Waals surface area contributed by atoms with Crippen LogP contribution in [0.1, 0.15) is 25.5 Å². The van der Waals surface area contributed by atoms with Gasteiger partial charge in [-0.25, -0.2) is 0 Å². The lowest BCUT2D eigenvalue weighted by Gasteiger charge is -2.13. The van der Waals surface area contributed by atoms with Crippen molar-refractivity contribution in [1.29, 1.82) is 0 Å². The molecule has 108 valence electrons. The average molecular weight is 279 g/mol. The largest absolute Gasteiger partial charge is 0.480 e. The lowest BCUT2D eigenvalue weighted by Crippen LogP contribution is -2.38. The second kappa shape index (κ2) is 6.55. The minimum atomic E-state index is -4.47. The van der Waals surface area contributed by atoms with E-state index in [0.717, 1.165) is 17.2 Å². The number of halogens is 3. The van der Waals surface area contributed by atoms with Crippen molar-refractivity contribution >= 4 is 5.97 Å². The van der Waals surface area contributed by atoms with Gasteiger partial charge in [-0.1, -0.05) is 6.92 Å². The van der Waals surface area contributed by atoms with Crippen LogP contribution in [-0.2, 0) is 17.5 Å². The third-order valence-electron chi connectivity index (χ3n) is 2.52. The Hall–Kier alpha value is -1.57. The molecular weight excluding hydrogens is 263 g/mol.